The predicted molar refractivity (Wildman–Crippen MR) is 78.0 cm³/mol. The van der Waals surface area contributed by atoms with Crippen molar-refractivity contribution in [3.63, 3.8) is 0 Å². The van der Waals surface area contributed by atoms with Gasteiger partial charge in [-0.25, -0.2) is 0 Å². The zero-order chi connectivity index (χ0) is 13.5. The third kappa shape index (κ3) is 4.93. The number of morpholine rings is 1. The van der Waals surface area contributed by atoms with Crippen LogP contribution in [0.25, 0.3) is 0 Å². The fourth-order valence-electron chi connectivity index (χ4n) is 2.37. The molecule has 0 unspecified atom stereocenters. The lowest BCUT2D eigenvalue weighted by molar-refractivity contribution is -0.909. The van der Waals surface area contributed by atoms with Gasteiger partial charge in [-0.15, -0.1) is 0 Å². The maximum atomic E-state index is 6.16. The Balaban J connectivity index is 1.62. The highest BCUT2D eigenvalue weighted by Gasteiger charge is 2.13. The predicted octanol–water partition coefficient (Wildman–Crippen LogP) is 0.362. The molecular weight excluding hydrogens is 283 g/mol. The van der Waals surface area contributed by atoms with E-state index in [0.717, 1.165) is 45.0 Å². The van der Waals surface area contributed by atoms with Gasteiger partial charge >= 0.3 is 0 Å². The summed E-state index contributed by atoms with van der Waals surface area (Å²) in [6.45, 7) is 7.41. The highest BCUT2D eigenvalue weighted by atomic mass is 35.5. The summed E-state index contributed by atoms with van der Waals surface area (Å²) in [5, 5.41) is 3.64. The van der Waals surface area contributed by atoms with Crippen LogP contribution in [-0.4, -0.2) is 39.4 Å². The lowest BCUT2D eigenvalue weighted by Crippen LogP contribution is -3.14. The van der Waals surface area contributed by atoms with E-state index >= 15 is 0 Å². The zero-order valence-corrected chi connectivity index (χ0v) is 12.6. The Morgan fingerprint density at radius 2 is 2.00 bits per heavy atom. The van der Waals surface area contributed by atoms with Gasteiger partial charge in [-0.05, 0) is 6.07 Å². The van der Waals surface area contributed by atoms with E-state index in [1.54, 1.807) is 4.90 Å². The molecule has 0 aliphatic carbocycles. The summed E-state index contributed by atoms with van der Waals surface area (Å²) in [6.07, 6.45) is 1.23. The van der Waals surface area contributed by atoms with Gasteiger partial charge in [0.2, 0.25) is 0 Å². The molecule has 0 radical (unpaired) electrons. The van der Waals surface area contributed by atoms with Crippen molar-refractivity contribution in [3.05, 3.63) is 33.8 Å². The number of hydrogen-bond acceptors (Lipinski definition) is 1. The normalized spacial score (nSPS) is 16.7. The maximum absolute atomic E-state index is 6.16. The van der Waals surface area contributed by atoms with Crippen molar-refractivity contribution >= 4 is 23.2 Å². The third-order valence-corrected chi connectivity index (χ3v) is 4.39. The number of quaternary nitrogens is 2. The lowest BCUT2D eigenvalue weighted by Gasteiger charge is -2.23. The quantitative estimate of drug-likeness (QED) is 0.731. The van der Waals surface area contributed by atoms with Crippen molar-refractivity contribution < 1.29 is 15.0 Å². The van der Waals surface area contributed by atoms with Crippen molar-refractivity contribution in [2.45, 2.75) is 13.0 Å². The van der Waals surface area contributed by atoms with Crippen LogP contribution >= 0.6 is 23.2 Å². The second kappa shape index (κ2) is 8.08. The summed E-state index contributed by atoms with van der Waals surface area (Å²) in [4.78, 5) is 1.67. The van der Waals surface area contributed by atoms with Crippen LogP contribution in [0.4, 0.5) is 0 Å². The van der Waals surface area contributed by atoms with Crippen LogP contribution in [0.5, 0.6) is 0 Å². The molecule has 19 heavy (non-hydrogen) atoms. The van der Waals surface area contributed by atoms with Gasteiger partial charge in [-0.2, -0.15) is 0 Å². The molecule has 0 saturated carbocycles. The van der Waals surface area contributed by atoms with E-state index in [0.29, 0.717) is 10.0 Å². The van der Waals surface area contributed by atoms with E-state index in [1.165, 1.54) is 13.0 Å². The van der Waals surface area contributed by atoms with Crippen LogP contribution in [0.3, 0.4) is 0 Å². The van der Waals surface area contributed by atoms with E-state index < -0.39 is 0 Å². The number of rotatable bonds is 6. The monoisotopic (exact) mass is 304 g/mol. The van der Waals surface area contributed by atoms with Gasteiger partial charge < -0.3 is 15.0 Å². The van der Waals surface area contributed by atoms with Crippen LogP contribution in [-0.2, 0) is 11.3 Å². The van der Waals surface area contributed by atoms with Crippen LogP contribution < -0.4 is 10.2 Å². The van der Waals surface area contributed by atoms with Gasteiger partial charge in [0, 0.05) is 12.0 Å². The number of nitrogens with two attached hydrogens (primary N) is 1. The Morgan fingerprint density at radius 3 is 2.79 bits per heavy atom. The number of nitrogens with one attached hydrogen (secondary N) is 1. The molecule has 106 valence electrons. The first-order valence-electron chi connectivity index (χ1n) is 6.93. The molecule has 3 N–H and O–H groups in total. The number of hydrogen-bond donors (Lipinski definition) is 2. The fourth-order valence-corrected chi connectivity index (χ4v) is 2.77. The molecule has 0 amide bonds. The Labute approximate surface area is 124 Å². The van der Waals surface area contributed by atoms with Crippen LogP contribution in [0, 0.1) is 0 Å². The number of benzene rings is 1. The topological polar surface area (TPSA) is 30.3 Å². The molecule has 2 rings (SSSR count). The molecule has 5 heteroatoms. The molecule has 0 atom stereocenters. The Bertz CT molecular complexity index is 395. The van der Waals surface area contributed by atoms with Gasteiger partial charge in [0.25, 0.3) is 0 Å². The van der Waals surface area contributed by atoms with E-state index in [1.807, 2.05) is 18.2 Å². The zero-order valence-electron chi connectivity index (χ0n) is 11.1. The molecule has 0 bridgehead atoms. The summed E-state index contributed by atoms with van der Waals surface area (Å²) >= 11 is 12.2. The molecule has 1 aromatic carbocycles. The average Bonchev–Trinajstić information content (AvgIpc) is 2.44. The molecule has 1 aliphatic heterocycles. The number of halogens is 2. The summed E-state index contributed by atoms with van der Waals surface area (Å²) in [7, 11) is 0. The van der Waals surface area contributed by atoms with Crippen LogP contribution in [0.2, 0.25) is 10.0 Å². The second-order valence-electron chi connectivity index (χ2n) is 4.96. The van der Waals surface area contributed by atoms with Gasteiger partial charge in [0.1, 0.15) is 19.6 Å². The van der Waals surface area contributed by atoms with E-state index in [9.17, 15) is 0 Å². The molecule has 1 aliphatic rings. The van der Waals surface area contributed by atoms with Crippen molar-refractivity contribution in [3.8, 4) is 0 Å². The van der Waals surface area contributed by atoms with Gasteiger partial charge in [-0.3, -0.25) is 0 Å². The van der Waals surface area contributed by atoms with E-state index in [-0.39, 0.29) is 0 Å². The molecule has 0 aromatic heterocycles. The Kier molecular flexibility index (Phi) is 6.41. The molecule has 3 nitrogen and oxygen atoms in total. The standard InChI is InChI=1S/C14H20Cl2N2O/c15-13-4-1-3-12(14(13)16)11-17-5-2-6-18-7-9-19-10-8-18/h1,3-4,17H,2,5-11H2/p+2. The Hall–Kier alpha value is -0.320. The first kappa shape index (κ1) is 15.1. The molecule has 1 fully saturated rings. The lowest BCUT2D eigenvalue weighted by atomic mass is 10.2. The highest BCUT2D eigenvalue weighted by molar-refractivity contribution is 6.42. The maximum Gasteiger partial charge on any atom is 0.103 e. The second-order valence-corrected chi connectivity index (χ2v) is 5.75. The molecule has 0 spiro atoms. The largest absolute Gasteiger partial charge is 0.370 e. The first-order valence-corrected chi connectivity index (χ1v) is 7.69. The average molecular weight is 305 g/mol. The highest BCUT2D eigenvalue weighted by Crippen LogP contribution is 2.24. The van der Waals surface area contributed by atoms with Crippen molar-refractivity contribution in [1.82, 2.24) is 0 Å². The summed E-state index contributed by atoms with van der Waals surface area (Å²) in [5.74, 6) is 0. The van der Waals surface area contributed by atoms with Crippen LogP contribution in [0.15, 0.2) is 18.2 Å². The van der Waals surface area contributed by atoms with E-state index in [2.05, 4.69) is 5.32 Å². The minimum Gasteiger partial charge on any atom is -0.370 e. The van der Waals surface area contributed by atoms with Gasteiger partial charge in [0.05, 0.1) is 36.3 Å². The van der Waals surface area contributed by atoms with E-state index in [4.69, 9.17) is 27.9 Å². The summed E-state index contributed by atoms with van der Waals surface area (Å²) < 4.78 is 5.35. The summed E-state index contributed by atoms with van der Waals surface area (Å²) in [6, 6.07) is 5.82. The molecule has 1 heterocycles. The smallest absolute Gasteiger partial charge is 0.103 e. The molecular formula is C14H22Cl2N2O+2. The number of ether oxygens (including phenoxy) is 1. The van der Waals surface area contributed by atoms with Gasteiger partial charge in [0.15, 0.2) is 0 Å². The SMILES string of the molecule is Clc1cccc(C[NH2+]CCC[NH+]2CCOCC2)c1Cl. The van der Waals surface area contributed by atoms with Crippen LogP contribution in [0.1, 0.15) is 12.0 Å². The minimum absolute atomic E-state index is 0.644. The Morgan fingerprint density at radius 1 is 1.21 bits per heavy atom. The third-order valence-electron chi connectivity index (χ3n) is 3.53. The van der Waals surface area contributed by atoms with Crippen molar-refractivity contribution in [1.29, 1.82) is 0 Å². The van der Waals surface area contributed by atoms with Crippen molar-refractivity contribution in [2.75, 3.05) is 39.4 Å². The van der Waals surface area contributed by atoms with Gasteiger partial charge in [-0.1, -0.05) is 35.3 Å². The van der Waals surface area contributed by atoms with Crippen molar-refractivity contribution in [2.24, 2.45) is 0 Å². The molecule has 1 saturated heterocycles. The first-order chi connectivity index (χ1) is 9.27. The minimum atomic E-state index is 0.644. The fraction of sp³-hybridized carbons (Fsp3) is 0.571. The molecule has 1 aromatic rings. The summed E-state index contributed by atoms with van der Waals surface area (Å²) in [5.41, 5.74) is 1.12.